The fourth-order valence-corrected chi connectivity index (χ4v) is 3.40. The molecule has 3 heterocycles. The number of nitrogens with one attached hydrogen (secondary N) is 1. The third-order valence-electron chi connectivity index (χ3n) is 4.78. The number of aryl methyl sites for hydroxylation is 1. The number of anilines is 1. The van der Waals surface area contributed by atoms with Gasteiger partial charge in [-0.2, -0.15) is 0 Å². The second-order valence-electron chi connectivity index (χ2n) is 6.78. The Bertz CT molecular complexity index is 929. The molecule has 4 rings (SSSR count). The number of hydrogen-bond donors (Lipinski definition) is 1. The molecule has 7 nitrogen and oxygen atoms in total. The van der Waals surface area contributed by atoms with E-state index in [0.29, 0.717) is 12.4 Å². The number of fused-ring (bicyclic) bond motifs is 1. The van der Waals surface area contributed by atoms with Crippen molar-refractivity contribution in [2.24, 2.45) is 7.05 Å². The second kappa shape index (κ2) is 7.21. The van der Waals surface area contributed by atoms with Gasteiger partial charge in [0, 0.05) is 18.0 Å². The van der Waals surface area contributed by atoms with Crippen molar-refractivity contribution >= 4 is 22.6 Å². The van der Waals surface area contributed by atoms with E-state index in [0.717, 1.165) is 35.2 Å². The lowest BCUT2D eigenvalue weighted by molar-refractivity contribution is -0.117. The first kappa shape index (κ1) is 16.7. The topological polar surface area (TPSA) is 75.9 Å². The van der Waals surface area contributed by atoms with E-state index < -0.39 is 0 Å². The molecule has 0 spiro atoms. The number of imidazole rings is 1. The predicted molar refractivity (Wildman–Crippen MR) is 101 cm³/mol. The third-order valence-corrected chi connectivity index (χ3v) is 4.78. The van der Waals surface area contributed by atoms with Crippen molar-refractivity contribution in [3.63, 3.8) is 0 Å². The minimum absolute atomic E-state index is 0.0386. The predicted octanol–water partition coefficient (Wildman–Crippen LogP) is 2.45. The number of amides is 1. The van der Waals surface area contributed by atoms with Crippen LogP contribution in [0, 0.1) is 0 Å². The van der Waals surface area contributed by atoms with Crippen LogP contribution < -0.4 is 5.32 Å². The molecule has 7 heteroatoms. The minimum Gasteiger partial charge on any atom is -0.334 e. The Labute approximate surface area is 152 Å². The summed E-state index contributed by atoms with van der Waals surface area (Å²) >= 11 is 0. The molecule has 1 saturated heterocycles. The highest BCUT2D eigenvalue weighted by Crippen LogP contribution is 2.23. The van der Waals surface area contributed by atoms with Gasteiger partial charge in [-0.3, -0.25) is 9.69 Å². The van der Waals surface area contributed by atoms with Gasteiger partial charge in [0.05, 0.1) is 30.3 Å². The lowest BCUT2D eigenvalue weighted by Gasteiger charge is -2.25. The van der Waals surface area contributed by atoms with Gasteiger partial charge >= 0.3 is 0 Å². The third kappa shape index (κ3) is 3.57. The van der Waals surface area contributed by atoms with Crippen LogP contribution in [0.5, 0.6) is 0 Å². The number of carbonyl (C=O) groups is 1. The van der Waals surface area contributed by atoms with Crippen molar-refractivity contribution in [1.82, 2.24) is 24.6 Å². The van der Waals surface area contributed by atoms with Crippen LogP contribution in [0.3, 0.4) is 0 Å². The summed E-state index contributed by atoms with van der Waals surface area (Å²) in [6, 6.07) is 7.85. The molecule has 0 saturated carbocycles. The highest BCUT2D eigenvalue weighted by molar-refractivity contribution is 5.93. The van der Waals surface area contributed by atoms with Gasteiger partial charge in [-0.05, 0) is 44.1 Å². The molecule has 3 aromatic rings. The SMILES string of the molecule is Cn1cncc1-c1ccc2nnc(NC(=O)CN3CCCCC3)cc2c1. The lowest BCUT2D eigenvalue weighted by atomic mass is 10.1. The van der Waals surface area contributed by atoms with Crippen LogP contribution in [0.1, 0.15) is 19.3 Å². The van der Waals surface area contributed by atoms with Crippen molar-refractivity contribution in [3.05, 3.63) is 36.8 Å². The molecule has 0 unspecified atom stereocenters. The molecule has 1 N–H and O–H groups in total. The van der Waals surface area contributed by atoms with Gasteiger partial charge in [-0.1, -0.05) is 12.5 Å². The van der Waals surface area contributed by atoms with E-state index in [1.807, 2.05) is 42.1 Å². The van der Waals surface area contributed by atoms with Gasteiger partial charge in [0.1, 0.15) is 0 Å². The van der Waals surface area contributed by atoms with Gasteiger partial charge in [0.15, 0.2) is 5.82 Å². The Morgan fingerprint density at radius 1 is 1.15 bits per heavy atom. The summed E-state index contributed by atoms with van der Waals surface area (Å²) in [5, 5.41) is 12.2. The molecule has 0 radical (unpaired) electrons. The molecule has 0 bridgehead atoms. The van der Waals surface area contributed by atoms with Crippen molar-refractivity contribution in [2.45, 2.75) is 19.3 Å². The van der Waals surface area contributed by atoms with E-state index in [2.05, 4.69) is 25.4 Å². The summed E-state index contributed by atoms with van der Waals surface area (Å²) in [5.74, 6) is 0.449. The maximum absolute atomic E-state index is 12.3. The summed E-state index contributed by atoms with van der Waals surface area (Å²) in [5.41, 5.74) is 2.88. The maximum Gasteiger partial charge on any atom is 0.239 e. The Morgan fingerprint density at radius 3 is 2.77 bits per heavy atom. The number of aromatic nitrogens is 4. The van der Waals surface area contributed by atoms with Crippen LogP contribution >= 0.6 is 0 Å². The largest absolute Gasteiger partial charge is 0.334 e. The Morgan fingerprint density at radius 2 is 2.00 bits per heavy atom. The maximum atomic E-state index is 12.3. The molecule has 0 atom stereocenters. The van der Waals surface area contributed by atoms with Crippen molar-refractivity contribution in [2.75, 3.05) is 25.0 Å². The average Bonchev–Trinajstić information content (AvgIpc) is 3.08. The van der Waals surface area contributed by atoms with Crippen LogP contribution in [-0.4, -0.2) is 50.2 Å². The standard InChI is InChI=1S/C19H22N6O/c1-24-13-20-11-17(24)14-5-6-16-15(9-14)10-18(23-22-16)21-19(26)12-25-7-3-2-4-8-25/h5-6,9-11,13H,2-4,7-8,12H2,1H3,(H,21,23,26). The molecule has 2 aromatic heterocycles. The Kier molecular flexibility index (Phi) is 4.62. The number of likely N-dealkylation sites (tertiary alicyclic amines) is 1. The molecule has 1 aliphatic rings. The molecule has 1 aromatic carbocycles. The zero-order valence-electron chi connectivity index (χ0n) is 14.9. The zero-order chi connectivity index (χ0) is 17.9. The molecule has 26 heavy (non-hydrogen) atoms. The fraction of sp³-hybridized carbons (Fsp3) is 0.368. The van der Waals surface area contributed by atoms with E-state index >= 15 is 0 Å². The summed E-state index contributed by atoms with van der Waals surface area (Å²) in [4.78, 5) is 18.6. The van der Waals surface area contributed by atoms with Crippen LogP contribution in [0.2, 0.25) is 0 Å². The first-order valence-corrected chi connectivity index (χ1v) is 8.95. The van der Waals surface area contributed by atoms with Crippen LogP contribution in [0.4, 0.5) is 5.82 Å². The number of nitrogens with zero attached hydrogens (tertiary/aromatic N) is 5. The van der Waals surface area contributed by atoms with Crippen LogP contribution in [0.15, 0.2) is 36.8 Å². The molecular formula is C19H22N6O. The first-order valence-electron chi connectivity index (χ1n) is 8.95. The van der Waals surface area contributed by atoms with Crippen molar-refractivity contribution in [3.8, 4) is 11.3 Å². The first-order chi connectivity index (χ1) is 12.7. The number of rotatable bonds is 4. The van der Waals surface area contributed by atoms with Gasteiger partial charge in [0.2, 0.25) is 5.91 Å². The Balaban J connectivity index is 1.52. The summed E-state index contributed by atoms with van der Waals surface area (Å²) in [7, 11) is 1.96. The van der Waals surface area contributed by atoms with Crippen molar-refractivity contribution in [1.29, 1.82) is 0 Å². The summed E-state index contributed by atoms with van der Waals surface area (Å²) in [6.07, 6.45) is 7.20. The van der Waals surface area contributed by atoms with Crippen molar-refractivity contribution < 1.29 is 4.79 Å². The molecule has 1 amide bonds. The number of benzene rings is 1. The van der Waals surface area contributed by atoms with Gasteiger partial charge in [-0.15, -0.1) is 10.2 Å². The fourth-order valence-electron chi connectivity index (χ4n) is 3.40. The molecular weight excluding hydrogens is 328 g/mol. The second-order valence-corrected chi connectivity index (χ2v) is 6.78. The average molecular weight is 350 g/mol. The lowest BCUT2D eigenvalue weighted by Crippen LogP contribution is -2.37. The van der Waals surface area contributed by atoms with E-state index in [-0.39, 0.29) is 5.91 Å². The van der Waals surface area contributed by atoms with E-state index in [4.69, 9.17) is 0 Å². The number of carbonyl (C=O) groups excluding carboxylic acids is 1. The zero-order valence-corrected chi connectivity index (χ0v) is 14.9. The number of piperidine rings is 1. The highest BCUT2D eigenvalue weighted by atomic mass is 16.2. The van der Waals surface area contributed by atoms with Gasteiger partial charge in [0.25, 0.3) is 0 Å². The Hall–Kier alpha value is -2.80. The molecule has 0 aliphatic carbocycles. The highest BCUT2D eigenvalue weighted by Gasteiger charge is 2.14. The van der Waals surface area contributed by atoms with Crippen LogP contribution in [-0.2, 0) is 11.8 Å². The smallest absolute Gasteiger partial charge is 0.239 e. The van der Waals surface area contributed by atoms with Gasteiger partial charge in [-0.25, -0.2) is 4.98 Å². The number of hydrogen-bond acceptors (Lipinski definition) is 5. The minimum atomic E-state index is -0.0386. The molecule has 1 fully saturated rings. The normalized spacial score (nSPS) is 15.3. The quantitative estimate of drug-likeness (QED) is 0.782. The monoisotopic (exact) mass is 350 g/mol. The van der Waals surface area contributed by atoms with E-state index in [9.17, 15) is 4.79 Å². The van der Waals surface area contributed by atoms with E-state index in [1.165, 1.54) is 19.3 Å². The molecule has 134 valence electrons. The summed E-state index contributed by atoms with van der Waals surface area (Å²) < 4.78 is 1.97. The van der Waals surface area contributed by atoms with E-state index in [1.54, 1.807) is 6.33 Å². The summed E-state index contributed by atoms with van der Waals surface area (Å²) in [6.45, 7) is 2.39. The van der Waals surface area contributed by atoms with Crippen LogP contribution in [0.25, 0.3) is 22.2 Å². The van der Waals surface area contributed by atoms with Gasteiger partial charge < -0.3 is 9.88 Å². The molecule has 1 aliphatic heterocycles.